The Kier molecular flexibility index (Phi) is 5.52. The van der Waals surface area contributed by atoms with Gasteiger partial charge in [0.15, 0.2) is 0 Å². The number of hydrogen-bond donors (Lipinski definition) is 0. The van der Waals surface area contributed by atoms with Crippen LogP contribution in [0.4, 0.5) is 0 Å². The summed E-state index contributed by atoms with van der Waals surface area (Å²) in [6.07, 6.45) is 5.18. The van der Waals surface area contributed by atoms with Gasteiger partial charge in [-0.3, -0.25) is 14.6 Å². The van der Waals surface area contributed by atoms with E-state index in [-0.39, 0.29) is 23.1 Å². The molecule has 1 aromatic carbocycles. The molecule has 2 aliphatic rings. The fraction of sp³-hybridized carbons (Fsp3) is 0.409. The van der Waals surface area contributed by atoms with Crippen LogP contribution in [0.2, 0.25) is 0 Å². The fourth-order valence-corrected chi connectivity index (χ4v) is 5.26. The molecule has 29 heavy (non-hydrogen) atoms. The number of carbonyl (C=O) groups excluding carboxylic acids is 2. The van der Waals surface area contributed by atoms with Crippen LogP contribution in [-0.2, 0) is 4.79 Å². The molecular formula is C22H26N4O2S. The van der Waals surface area contributed by atoms with Crippen molar-refractivity contribution < 1.29 is 9.59 Å². The maximum absolute atomic E-state index is 12.8. The van der Waals surface area contributed by atoms with Crippen LogP contribution in [0.3, 0.4) is 0 Å². The van der Waals surface area contributed by atoms with Crippen molar-refractivity contribution in [3.63, 3.8) is 0 Å². The van der Waals surface area contributed by atoms with Crippen molar-refractivity contribution >= 4 is 29.2 Å². The Morgan fingerprint density at radius 3 is 2.62 bits per heavy atom. The van der Waals surface area contributed by atoms with E-state index in [0.29, 0.717) is 31.1 Å². The third-order valence-electron chi connectivity index (χ3n) is 5.85. The number of likely N-dealkylation sites (tertiary alicyclic amines) is 2. The van der Waals surface area contributed by atoms with E-state index in [4.69, 9.17) is 0 Å². The van der Waals surface area contributed by atoms with Crippen LogP contribution < -0.4 is 0 Å². The minimum atomic E-state index is -0.0832. The first-order chi connectivity index (χ1) is 14.0. The molecule has 2 aromatic rings. The molecule has 7 heteroatoms. The third kappa shape index (κ3) is 4.11. The number of amides is 2. The third-order valence-corrected chi connectivity index (χ3v) is 6.61. The predicted molar refractivity (Wildman–Crippen MR) is 115 cm³/mol. The van der Waals surface area contributed by atoms with E-state index in [1.54, 1.807) is 17.8 Å². The van der Waals surface area contributed by atoms with Gasteiger partial charge >= 0.3 is 0 Å². The van der Waals surface area contributed by atoms with Crippen LogP contribution in [0, 0.1) is 11.3 Å². The van der Waals surface area contributed by atoms with Gasteiger partial charge in [0.05, 0.1) is 11.7 Å². The lowest BCUT2D eigenvalue weighted by atomic mass is 9.80. The molecule has 2 fully saturated rings. The summed E-state index contributed by atoms with van der Waals surface area (Å²) < 4.78 is 0. The second kappa shape index (κ2) is 8.08. The average molecular weight is 411 g/mol. The van der Waals surface area contributed by atoms with Crippen molar-refractivity contribution in [1.29, 1.82) is 0 Å². The van der Waals surface area contributed by atoms with Gasteiger partial charge in [0.2, 0.25) is 5.91 Å². The van der Waals surface area contributed by atoms with Gasteiger partial charge in [0.25, 0.3) is 5.91 Å². The lowest BCUT2D eigenvalue weighted by molar-refractivity contribution is -0.125. The van der Waals surface area contributed by atoms with Gasteiger partial charge in [-0.1, -0.05) is 30.3 Å². The molecule has 0 bridgehead atoms. The van der Waals surface area contributed by atoms with Crippen molar-refractivity contribution in [1.82, 2.24) is 19.7 Å². The van der Waals surface area contributed by atoms with Crippen molar-refractivity contribution in [2.24, 2.45) is 11.3 Å². The highest BCUT2D eigenvalue weighted by atomic mass is 32.1. The summed E-state index contributed by atoms with van der Waals surface area (Å²) in [6, 6.07) is 9.86. The van der Waals surface area contributed by atoms with Crippen LogP contribution in [-0.4, -0.2) is 78.3 Å². The van der Waals surface area contributed by atoms with E-state index in [2.05, 4.69) is 24.0 Å². The molecule has 0 saturated carbocycles. The number of aromatic nitrogens is 1. The topological polar surface area (TPSA) is 56.8 Å². The summed E-state index contributed by atoms with van der Waals surface area (Å²) in [6.45, 7) is 3.60. The van der Waals surface area contributed by atoms with Crippen molar-refractivity contribution in [2.75, 3.05) is 46.8 Å². The number of carbonyl (C=O) groups is 2. The second-order valence-electron chi connectivity index (χ2n) is 8.31. The summed E-state index contributed by atoms with van der Waals surface area (Å²) in [4.78, 5) is 36.4. The maximum atomic E-state index is 12.8. The highest BCUT2D eigenvalue weighted by molar-refractivity contribution is 7.11. The van der Waals surface area contributed by atoms with E-state index in [9.17, 15) is 9.59 Å². The fourth-order valence-electron chi connectivity index (χ4n) is 4.67. The first-order valence-electron chi connectivity index (χ1n) is 9.81. The highest BCUT2D eigenvalue weighted by Crippen LogP contribution is 2.43. The lowest BCUT2D eigenvalue weighted by Gasteiger charge is -2.31. The van der Waals surface area contributed by atoms with E-state index in [0.717, 1.165) is 12.1 Å². The van der Waals surface area contributed by atoms with E-state index in [1.165, 1.54) is 11.3 Å². The van der Waals surface area contributed by atoms with Crippen LogP contribution in [0.5, 0.6) is 0 Å². The Bertz CT molecular complexity index is 897. The second-order valence-corrected chi connectivity index (χ2v) is 9.20. The molecule has 6 nitrogen and oxygen atoms in total. The standard InChI is InChI=1S/C22H26N4O2S/c1-24(2)13-22-14-25(20(27)9-8-17-6-4-3-5-7-17)11-18(22)12-26(15-22)21(28)19-10-23-16-29-19/h3-10,16,18H,11-15H2,1-2H3/b9-8+/t18-,22+/m1/s1. The average Bonchev–Trinajstić information content (AvgIpc) is 3.40. The summed E-state index contributed by atoms with van der Waals surface area (Å²) in [5.41, 5.74) is 2.63. The normalized spacial score (nSPS) is 23.9. The maximum Gasteiger partial charge on any atom is 0.265 e. The molecule has 0 unspecified atom stereocenters. The number of fused-ring (bicyclic) bond motifs is 1. The zero-order valence-electron chi connectivity index (χ0n) is 16.8. The predicted octanol–water partition coefficient (Wildman–Crippen LogP) is 2.32. The molecule has 0 radical (unpaired) electrons. The zero-order valence-corrected chi connectivity index (χ0v) is 17.6. The number of benzene rings is 1. The highest BCUT2D eigenvalue weighted by Gasteiger charge is 2.54. The summed E-state index contributed by atoms with van der Waals surface area (Å²) in [5, 5.41) is 0. The van der Waals surface area contributed by atoms with Crippen LogP contribution in [0.15, 0.2) is 48.1 Å². The van der Waals surface area contributed by atoms with Crippen LogP contribution >= 0.6 is 11.3 Å². The molecule has 1 aromatic heterocycles. The van der Waals surface area contributed by atoms with E-state index < -0.39 is 0 Å². The lowest BCUT2D eigenvalue weighted by Crippen LogP contribution is -2.43. The Hall–Kier alpha value is -2.51. The Morgan fingerprint density at radius 2 is 1.93 bits per heavy atom. The summed E-state index contributed by atoms with van der Waals surface area (Å²) in [7, 11) is 4.11. The van der Waals surface area contributed by atoms with E-state index in [1.807, 2.05) is 46.2 Å². The SMILES string of the molecule is CN(C)C[C@@]12CN(C(=O)/C=C/c3ccccc3)C[C@@H]1CN(C(=O)c1cncs1)C2. The van der Waals surface area contributed by atoms with Gasteiger partial charge in [0, 0.05) is 50.1 Å². The quantitative estimate of drug-likeness (QED) is 0.710. The molecule has 2 saturated heterocycles. The minimum absolute atomic E-state index is 0.0433. The number of hydrogen-bond acceptors (Lipinski definition) is 5. The van der Waals surface area contributed by atoms with Gasteiger partial charge in [-0.2, -0.15) is 0 Å². The molecule has 2 amide bonds. The van der Waals surface area contributed by atoms with Crippen LogP contribution in [0.1, 0.15) is 15.2 Å². The molecule has 3 heterocycles. The van der Waals surface area contributed by atoms with Crippen LogP contribution in [0.25, 0.3) is 6.08 Å². The largest absolute Gasteiger partial charge is 0.338 e. The van der Waals surface area contributed by atoms with Crippen molar-refractivity contribution in [3.05, 3.63) is 58.6 Å². The van der Waals surface area contributed by atoms with Gasteiger partial charge in [-0.15, -0.1) is 11.3 Å². The molecular weight excluding hydrogens is 384 g/mol. The first kappa shape index (κ1) is 19.8. The molecule has 0 spiro atoms. The molecule has 0 aliphatic carbocycles. The molecule has 4 rings (SSSR count). The Balaban J connectivity index is 1.47. The Morgan fingerprint density at radius 1 is 1.21 bits per heavy atom. The van der Waals surface area contributed by atoms with Gasteiger partial charge in [0.1, 0.15) is 4.88 Å². The van der Waals surface area contributed by atoms with Crippen molar-refractivity contribution in [3.8, 4) is 0 Å². The van der Waals surface area contributed by atoms with E-state index >= 15 is 0 Å². The van der Waals surface area contributed by atoms with Gasteiger partial charge < -0.3 is 14.7 Å². The van der Waals surface area contributed by atoms with Crippen molar-refractivity contribution in [2.45, 2.75) is 0 Å². The number of nitrogens with zero attached hydrogens (tertiary/aromatic N) is 4. The molecule has 2 aliphatic heterocycles. The zero-order chi connectivity index (χ0) is 20.4. The number of thiazole rings is 1. The number of rotatable bonds is 5. The first-order valence-corrected chi connectivity index (χ1v) is 10.7. The summed E-state index contributed by atoms with van der Waals surface area (Å²) >= 11 is 1.38. The van der Waals surface area contributed by atoms with Gasteiger partial charge in [-0.05, 0) is 25.7 Å². The monoisotopic (exact) mass is 410 g/mol. The smallest absolute Gasteiger partial charge is 0.265 e. The van der Waals surface area contributed by atoms with Gasteiger partial charge in [-0.25, -0.2) is 0 Å². The summed E-state index contributed by atoms with van der Waals surface area (Å²) in [5.74, 6) is 0.388. The molecule has 2 atom stereocenters. The minimum Gasteiger partial charge on any atom is -0.338 e. The molecule has 0 N–H and O–H groups in total. The molecule has 152 valence electrons. The Labute approximate surface area is 175 Å².